The van der Waals surface area contributed by atoms with Crippen molar-refractivity contribution in [1.82, 2.24) is 14.4 Å². The lowest BCUT2D eigenvalue weighted by atomic mass is 10.4. The fraction of sp³-hybridized carbons (Fsp3) is 0. The molecule has 0 saturated carbocycles. The zero-order valence-corrected chi connectivity index (χ0v) is 11.4. The van der Waals surface area contributed by atoms with Crippen LogP contribution in [0.2, 0.25) is 0 Å². The van der Waals surface area contributed by atoms with Gasteiger partial charge in [-0.1, -0.05) is 0 Å². The second-order valence-corrected chi connectivity index (χ2v) is 5.85. The number of imidazole rings is 1. The number of hydrogen-bond acceptors (Lipinski definition) is 4. The minimum atomic E-state index is -0.169. The number of carbonyl (C=O) groups excluding carboxylic acids is 1. The predicted octanol–water partition coefficient (Wildman–Crippen LogP) is 2.81. The fourth-order valence-corrected chi connectivity index (χ4v) is 2.71. The van der Waals surface area contributed by atoms with Gasteiger partial charge in [-0.2, -0.15) is 0 Å². The van der Waals surface area contributed by atoms with Crippen LogP contribution in [0.5, 0.6) is 0 Å². The van der Waals surface area contributed by atoms with E-state index in [0.29, 0.717) is 8.79 Å². The average Bonchev–Trinajstić information content (AvgIpc) is 2.96. The van der Waals surface area contributed by atoms with E-state index in [4.69, 9.17) is 0 Å². The summed E-state index contributed by atoms with van der Waals surface area (Å²) < 4.78 is 2.54. The highest BCUT2D eigenvalue weighted by atomic mass is 79.9. The minimum absolute atomic E-state index is 0.169. The Labute approximate surface area is 115 Å². The molecule has 18 heavy (non-hydrogen) atoms. The highest BCUT2D eigenvalue weighted by molar-refractivity contribution is 9.11. The molecule has 0 atom stereocenters. The lowest BCUT2D eigenvalue weighted by Gasteiger charge is -2.03. The normalized spacial score (nSPS) is 10.7. The molecular formula is C11H7BrN4OS. The van der Waals surface area contributed by atoms with Crippen LogP contribution in [0.1, 0.15) is 9.67 Å². The summed E-state index contributed by atoms with van der Waals surface area (Å²) in [7, 11) is 0. The Bertz CT molecular complexity index is 720. The summed E-state index contributed by atoms with van der Waals surface area (Å²) in [5.74, 6) is -0.169. The van der Waals surface area contributed by atoms with E-state index in [-0.39, 0.29) is 5.91 Å². The zero-order chi connectivity index (χ0) is 12.5. The molecular weight excluding hydrogens is 316 g/mol. The van der Waals surface area contributed by atoms with Crippen molar-refractivity contribution in [2.45, 2.75) is 0 Å². The van der Waals surface area contributed by atoms with Crippen molar-refractivity contribution in [2.75, 3.05) is 5.32 Å². The van der Waals surface area contributed by atoms with E-state index in [1.807, 2.05) is 28.9 Å². The van der Waals surface area contributed by atoms with E-state index in [2.05, 4.69) is 31.2 Å². The third kappa shape index (κ3) is 2.14. The van der Waals surface area contributed by atoms with Gasteiger partial charge in [0, 0.05) is 18.6 Å². The van der Waals surface area contributed by atoms with E-state index >= 15 is 0 Å². The van der Waals surface area contributed by atoms with Gasteiger partial charge in [-0.25, -0.2) is 9.97 Å². The van der Waals surface area contributed by atoms with Crippen molar-refractivity contribution in [3.63, 3.8) is 0 Å². The molecule has 7 heteroatoms. The minimum Gasteiger partial charge on any atom is -0.320 e. The Kier molecular flexibility index (Phi) is 2.85. The Balaban J connectivity index is 1.85. The summed E-state index contributed by atoms with van der Waals surface area (Å²) in [4.78, 5) is 20.6. The summed E-state index contributed by atoms with van der Waals surface area (Å²) in [6, 6.07) is 3.66. The van der Waals surface area contributed by atoms with E-state index in [1.165, 1.54) is 11.3 Å². The maximum Gasteiger partial charge on any atom is 0.267 e. The van der Waals surface area contributed by atoms with Crippen molar-refractivity contribution < 1.29 is 4.79 Å². The van der Waals surface area contributed by atoms with Crippen LogP contribution in [0.3, 0.4) is 0 Å². The number of halogens is 1. The molecule has 3 aromatic rings. The summed E-state index contributed by atoms with van der Waals surface area (Å²) in [5.41, 5.74) is 1.56. The van der Waals surface area contributed by atoms with Crippen LogP contribution >= 0.6 is 27.3 Å². The molecule has 0 aliphatic heterocycles. The van der Waals surface area contributed by atoms with Gasteiger partial charge in [-0.05, 0) is 28.1 Å². The molecule has 0 unspecified atom stereocenters. The molecule has 1 N–H and O–H groups in total. The maximum atomic E-state index is 11.9. The van der Waals surface area contributed by atoms with Crippen LogP contribution in [0.25, 0.3) is 5.65 Å². The number of hydrogen-bond donors (Lipinski definition) is 1. The number of carbonyl (C=O) groups is 1. The molecule has 0 aliphatic carbocycles. The molecule has 0 aromatic carbocycles. The van der Waals surface area contributed by atoms with Crippen molar-refractivity contribution in [3.8, 4) is 0 Å². The van der Waals surface area contributed by atoms with Gasteiger partial charge in [0.2, 0.25) is 0 Å². The molecule has 0 spiro atoms. The van der Waals surface area contributed by atoms with E-state index in [9.17, 15) is 4.79 Å². The quantitative estimate of drug-likeness (QED) is 0.789. The molecule has 1 amide bonds. The summed E-state index contributed by atoms with van der Waals surface area (Å²) >= 11 is 4.52. The second kappa shape index (κ2) is 4.51. The van der Waals surface area contributed by atoms with Gasteiger partial charge in [-0.15, -0.1) is 11.3 Å². The topological polar surface area (TPSA) is 59.3 Å². The Hall–Kier alpha value is -1.73. The van der Waals surface area contributed by atoms with Crippen molar-refractivity contribution in [3.05, 3.63) is 45.7 Å². The highest BCUT2D eigenvalue weighted by Gasteiger charge is 2.10. The van der Waals surface area contributed by atoms with Crippen molar-refractivity contribution in [1.29, 1.82) is 0 Å². The first kappa shape index (κ1) is 11.4. The first-order valence-electron chi connectivity index (χ1n) is 5.08. The number of anilines is 1. The number of rotatable bonds is 2. The predicted molar refractivity (Wildman–Crippen MR) is 73.0 cm³/mol. The van der Waals surface area contributed by atoms with E-state index < -0.39 is 0 Å². The molecule has 3 rings (SSSR count). The van der Waals surface area contributed by atoms with Gasteiger partial charge in [0.05, 0.1) is 11.9 Å². The molecule has 0 fully saturated rings. The molecule has 0 radical (unpaired) electrons. The summed E-state index contributed by atoms with van der Waals surface area (Å²) in [5, 5.41) is 2.82. The molecule has 5 nitrogen and oxygen atoms in total. The van der Waals surface area contributed by atoms with Gasteiger partial charge < -0.3 is 9.72 Å². The van der Waals surface area contributed by atoms with Crippen LogP contribution in [0.15, 0.2) is 40.8 Å². The average molecular weight is 323 g/mol. The number of nitrogens with one attached hydrogen (secondary N) is 1. The van der Waals surface area contributed by atoms with Crippen molar-refractivity contribution in [2.24, 2.45) is 0 Å². The lowest BCUT2D eigenvalue weighted by Crippen LogP contribution is -2.10. The Morgan fingerprint density at radius 1 is 1.39 bits per heavy atom. The van der Waals surface area contributed by atoms with Crippen molar-refractivity contribution >= 4 is 44.5 Å². The van der Waals surface area contributed by atoms with Crippen LogP contribution in [0.4, 0.5) is 5.69 Å². The first-order chi connectivity index (χ1) is 8.72. The standard InChI is InChI=1S/C11H7BrN4OS/c12-11-14-5-8(18-11)10(17)15-7-1-2-9-13-3-4-16(9)6-7/h1-6H,(H,15,17). The molecule has 0 bridgehead atoms. The maximum absolute atomic E-state index is 11.9. The van der Waals surface area contributed by atoms with Crippen LogP contribution in [-0.2, 0) is 0 Å². The van der Waals surface area contributed by atoms with Gasteiger partial charge in [-0.3, -0.25) is 4.79 Å². The largest absolute Gasteiger partial charge is 0.320 e. The Morgan fingerprint density at radius 3 is 3.06 bits per heavy atom. The number of pyridine rings is 1. The third-order valence-electron chi connectivity index (χ3n) is 2.35. The lowest BCUT2D eigenvalue weighted by molar-refractivity contribution is 0.103. The van der Waals surface area contributed by atoms with Crippen LogP contribution < -0.4 is 5.32 Å². The van der Waals surface area contributed by atoms with Gasteiger partial charge in [0.1, 0.15) is 10.5 Å². The van der Waals surface area contributed by atoms with Gasteiger partial charge in [0.15, 0.2) is 3.92 Å². The first-order valence-corrected chi connectivity index (χ1v) is 6.69. The highest BCUT2D eigenvalue weighted by Crippen LogP contribution is 2.20. The molecule has 3 heterocycles. The third-order valence-corrected chi connectivity index (χ3v) is 3.82. The zero-order valence-electron chi connectivity index (χ0n) is 9.00. The van der Waals surface area contributed by atoms with Crippen LogP contribution in [0, 0.1) is 0 Å². The second-order valence-electron chi connectivity index (χ2n) is 3.54. The van der Waals surface area contributed by atoms with E-state index in [0.717, 1.165) is 11.3 Å². The SMILES string of the molecule is O=C(Nc1ccc2nccn2c1)c1cnc(Br)s1. The molecule has 0 aliphatic rings. The monoisotopic (exact) mass is 322 g/mol. The van der Waals surface area contributed by atoms with Gasteiger partial charge >= 0.3 is 0 Å². The molecule has 3 aromatic heterocycles. The number of amides is 1. The number of aromatic nitrogens is 3. The summed E-state index contributed by atoms with van der Waals surface area (Å²) in [6.07, 6.45) is 6.89. The smallest absolute Gasteiger partial charge is 0.267 e. The Morgan fingerprint density at radius 2 is 2.28 bits per heavy atom. The molecule has 0 saturated heterocycles. The number of nitrogens with zero attached hydrogens (tertiary/aromatic N) is 3. The summed E-state index contributed by atoms with van der Waals surface area (Å²) in [6.45, 7) is 0. The number of fused-ring (bicyclic) bond motifs is 1. The van der Waals surface area contributed by atoms with E-state index in [1.54, 1.807) is 12.4 Å². The fourth-order valence-electron chi connectivity index (χ4n) is 1.54. The van der Waals surface area contributed by atoms with Crippen LogP contribution in [-0.4, -0.2) is 20.3 Å². The van der Waals surface area contributed by atoms with Gasteiger partial charge in [0.25, 0.3) is 5.91 Å². The molecule has 90 valence electrons. The number of thiazole rings is 1.